The van der Waals surface area contributed by atoms with Crippen LogP contribution in [0.2, 0.25) is 0 Å². The van der Waals surface area contributed by atoms with Gasteiger partial charge in [0.2, 0.25) is 0 Å². The second-order valence-electron chi connectivity index (χ2n) is 7.02. The van der Waals surface area contributed by atoms with E-state index in [4.69, 9.17) is 9.73 Å². The lowest BCUT2D eigenvalue weighted by Gasteiger charge is -2.33. The SMILES string of the molecule is CCNC(=NCCCCCOC)N1CCC2(CCCCC2)C1. The van der Waals surface area contributed by atoms with E-state index < -0.39 is 0 Å². The maximum absolute atomic E-state index is 5.10. The van der Waals surface area contributed by atoms with Crippen LogP contribution in [0, 0.1) is 5.41 Å². The molecule has 22 heavy (non-hydrogen) atoms. The first-order chi connectivity index (χ1) is 10.8. The highest BCUT2D eigenvalue weighted by molar-refractivity contribution is 5.80. The smallest absolute Gasteiger partial charge is 0.193 e. The van der Waals surface area contributed by atoms with Crippen molar-refractivity contribution in [2.75, 3.05) is 39.9 Å². The van der Waals surface area contributed by atoms with E-state index in [9.17, 15) is 0 Å². The number of methoxy groups -OCH3 is 1. The summed E-state index contributed by atoms with van der Waals surface area (Å²) in [6.45, 7) is 7.36. The standard InChI is InChI=1S/C18H35N3O/c1-3-19-17(20-13-8-5-9-15-22-2)21-14-12-18(16-21)10-6-4-7-11-18/h3-16H2,1-2H3,(H,19,20). The van der Waals surface area contributed by atoms with Gasteiger partial charge in [-0.05, 0) is 50.9 Å². The topological polar surface area (TPSA) is 36.9 Å². The maximum atomic E-state index is 5.10. The number of ether oxygens (including phenoxy) is 1. The molecule has 1 saturated heterocycles. The summed E-state index contributed by atoms with van der Waals surface area (Å²) in [7, 11) is 1.77. The number of rotatable bonds is 7. The van der Waals surface area contributed by atoms with E-state index in [1.54, 1.807) is 7.11 Å². The molecule has 0 amide bonds. The first kappa shape index (κ1) is 17.6. The van der Waals surface area contributed by atoms with Gasteiger partial charge in [0.25, 0.3) is 0 Å². The molecule has 2 rings (SSSR count). The molecule has 0 aromatic rings. The molecule has 0 bridgehead atoms. The number of hydrogen-bond donors (Lipinski definition) is 1. The molecule has 4 heteroatoms. The number of hydrogen-bond acceptors (Lipinski definition) is 2. The van der Waals surface area contributed by atoms with Gasteiger partial charge in [0.1, 0.15) is 0 Å². The van der Waals surface area contributed by atoms with Crippen LogP contribution in [0.1, 0.15) is 64.7 Å². The van der Waals surface area contributed by atoms with Gasteiger partial charge in [-0.3, -0.25) is 4.99 Å². The molecule has 1 heterocycles. The van der Waals surface area contributed by atoms with Crippen molar-refractivity contribution in [1.82, 2.24) is 10.2 Å². The molecule has 128 valence electrons. The van der Waals surface area contributed by atoms with Crippen molar-refractivity contribution < 1.29 is 4.74 Å². The number of unbranched alkanes of at least 4 members (excludes halogenated alkanes) is 2. The summed E-state index contributed by atoms with van der Waals surface area (Å²) >= 11 is 0. The van der Waals surface area contributed by atoms with Gasteiger partial charge in [-0.25, -0.2) is 0 Å². The third kappa shape index (κ3) is 5.15. The molecule has 0 unspecified atom stereocenters. The molecular weight excluding hydrogens is 274 g/mol. The fourth-order valence-corrected chi connectivity index (χ4v) is 3.97. The van der Waals surface area contributed by atoms with E-state index in [-0.39, 0.29) is 0 Å². The first-order valence-corrected chi connectivity index (χ1v) is 9.32. The Hall–Kier alpha value is -0.770. The van der Waals surface area contributed by atoms with E-state index in [0.29, 0.717) is 5.41 Å². The highest BCUT2D eigenvalue weighted by Gasteiger charge is 2.39. The Bertz CT molecular complexity index is 337. The molecule has 2 aliphatic rings. The van der Waals surface area contributed by atoms with Gasteiger partial charge in [-0.2, -0.15) is 0 Å². The van der Waals surface area contributed by atoms with E-state index in [2.05, 4.69) is 17.1 Å². The van der Waals surface area contributed by atoms with Gasteiger partial charge in [0, 0.05) is 39.9 Å². The Morgan fingerprint density at radius 2 is 1.95 bits per heavy atom. The van der Waals surface area contributed by atoms with Crippen LogP contribution in [-0.4, -0.2) is 50.8 Å². The molecule has 1 spiro atoms. The highest BCUT2D eigenvalue weighted by atomic mass is 16.5. The van der Waals surface area contributed by atoms with Crippen LogP contribution >= 0.6 is 0 Å². The summed E-state index contributed by atoms with van der Waals surface area (Å²) in [5.74, 6) is 1.15. The van der Waals surface area contributed by atoms with E-state index in [1.807, 2.05) is 0 Å². The van der Waals surface area contributed by atoms with Crippen LogP contribution in [0.25, 0.3) is 0 Å². The molecule has 0 atom stereocenters. The van der Waals surface area contributed by atoms with Crippen molar-refractivity contribution in [3.8, 4) is 0 Å². The molecule has 2 fully saturated rings. The van der Waals surface area contributed by atoms with Crippen LogP contribution in [-0.2, 0) is 4.74 Å². The largest absolute Gasteiger partial charge is 0.385 e. The minimum atomic E-state index is 0.604. The van der Waals surface area contributed by atoms with Crippen molar-refractivity contribution in [2.45, 2.75) is 64.7 Å². The van der Waals surface area contributed by atoms with Crippen LogP contribution in [0.5, 0.6) is 0 Å². The highest BCUT2D eigenvalue weighted by Crippen LogP contribution is 2.43. The second-order valence-corrected chi connectivity index (χ2v) is 7.02. The quantitative estimate of drug-likeness (QED) is 0.445. The zero-order valence-corrected chi connectivity index (χ0v) is 14.7. The molecular formula is C18H35N3O. The lowest BCUT2D eigenvalue weighted by molar-refractivity contribution is 0.192. The summed E-state index contributed by atoms with van der Waals surface area (Å²) in [5.41, 5.74) is 0.604. The zero-order valence-electron chi connectivity index (χ0n) is 14.7. The van der Waals surface area contributed by atoms with Gasteiger partial charge in [-0.1, -0.05) is 19.3 Å². The molecule has 1 N–H and O–H groups in total. The molecule has 4 nitrogen and oxygen atoms in total. The number of likely N-dealkylation sites (tertiary alicyclic amines) is 1. The summed E-state index contributed by atoms with van der Waals surface area (Å²) < 4.78 is 5.10. The summed E-state index contributed by atoms with van der Waals surface area (Å²) in [6, 6.07) is 0. The third-order valence-corrected chi connectivity index (χ3v) is 5.26. The molecule has 0 aromatic carbocycles. The first-order valence-electron chi connectivity index (χ1n) is 9.32. The van der Waals surface area contributed by atoms with Crippen molar-refractivity contribution in [1.29, 1.82) is 0 Å². The summed E-state index contributed by atoms with van der Waals surface area (Å²) in [5, 5.41) is 3.50. The Morgan fingerprint density at radius 3 is 2.68 bits per heavy atom. The Kier molecular flexibility index (Phi) is 7.50. The predicted octanol–water partition coefficient (Wildman–Crippen LogP) is 3.42. The van der Waals surface area contributed by atoms with Crippen molar-refractivity contribution >= 4 is 5.96 Å². The average Bonchev–Trinajstić information content (AvgIpc) is 2.94. The molecule has 1 aliphatic heterocycles. The van der Waals surface area contributed by atoms with Crippen molar-refractivity contribution in [3.63, 3.8) is 0 Å². The lowest BCUT2D eigenvalue weighted by atomic mass is 9.73. The van der Waals surface area contributed by atoms with Crippen LogP contribution in [0.15, 0.2) is 4.99 Å². The average molecular weight is 309 g/mol. The van der Waals surface area contributed by atoms with Crippen molar-refractivity contribution in [3.05, 3.63) is 0 Å². The normalized spacial score (nSPS) is 21.5. The van der Waals surface area contributed by atoms with Gasteiger partial charge in [0.15, 0.2) is 5.96 Å². The van der Waals surface area contributed by atoms with Gasteiger partial charge in [0.05, 0.1) is 0 Å². The Balaban J connectivity index is 1.80. The number of guanidine groups is 1. The summed E-state index contributed by atoms with van der Waals surface area (Å²) in [6.07, 6.45) is 12.1. The zero-order chi connectivity index (χ0) is 15.7. The number of aliphatic imine (C=N–C) groups is 1. The van der Waals surface area contributed by atoms with Gasteiger partial charge < -0.3 is 15.0 Å². The maximum Gasteiger partial charge on any atom is 0.193 e. The summed E-state index contributed by atoms with van der Waals surface area (Å²) in [4.78, 5) is 7.38. The number of nitrogens with zero attached hydrogens (tertiary/aromatic N) is 2. The molecule has 0 aromatic heterocycles. The predicted molar refractivity (Wildman–Crippen MR) is 93.4 cm³/mol. The van der Waals surface area contributed by atoms with Gasteiger partial charge >= 0.3 is 0 Å². The minimum absolute atomic E-state index is 0.604. The fraction of sp³-hybridized carbons (Fsp3) is 0.944. The van der Waals surface area contributed by atoms with E-state index >= 15 is 0 Å². The van der Waals surface area contributed by atoms with Crippen LogP contribution < -0.4 is 5.32 Å². The fourth-order valence-electron chi connectivity index (χ4n) is 3.97. The van der Waals surface area contributed by atoms with Crippen molar-refractivity contribution in [2.24, 2.45) is 10.4 Å². The third-order valence-electron chi connectivity index (χ3n) is 5.26. The number of nitrogens with one attached hydrogen (secondary N) is 1. The molecule has 1 saturated carbocycles. The van der Waals surface area contributed by atoms with E-state index in [0.717, 1.165) is 38.5 Å². The molecule has 0 radical (unpaired) electrons. The Morgan fingerprint density at radius 1 is 1.14 bits per heavy atom. The minimum Gasteiger partial charge on any atom is -0.385 e. The lowest BCUT2D eigenvalue weighted by Crippen LogP contribution is -2.41. The molecule has 1 aliphatic carbocycles. The monoisotopic (exact) mass is 309 g/mol. The van der Waals surface area contributed by atoms with Crippen LogP contribution in [0.4, 0.5) is 0 Å². The van der Waals surface area contributed by atoms with Gasteiger partial charge in [-0.15, -0.1) is 0 Å². The second kappa shape index (κ2) is 9.39. The van der Waals surface area contributed by atoms with E-state index in [1.165, 1.54) is 58.0 Å². The van der Waals surface area contributed by atoms with Crippen LogP contribution in [0.3, 0.4) is 0 Å². The Labute approximate surface area is 136 Å².